The SMILES string of the molecule is O=C(NO)c1ccc(Cc2nc(-c3ccc(Cl)cc3)nn2Cc2ccccc2)cc1. The van der Waals surface area contributed by atoms with E-state index in [1.54, 1.807) is 17.6 Å². The van der Waals surface area contributed by atoms with E-state index in [1.165, 1.54) is 0 Å². The quantitative estimate of drug-likeness (QED) is 0.360. The van der Waals surface area contributed by atoms with E-state index in [9.17, 15) is 4.79 Å². The lowest BCUT2D eigenvalue weighted by molar-refractivity contribution is 0.0706. The van der Waals surface area contributed by atoms with E-state index in [-0.39, 0.29) is 0 Å². The summed E-state index contributed by atoms with van der Waals surface area (Å²) in [6, 6.07) is 24.5. The Morgan fingerprint density at radius 2 is 1.63 bits per heavy atom. The van der Waals surface area contributed by atoms with Crippen LogP contribution in [0.4, 0.5) is 0 Å². The van der Waals surface area contributed by atoms with Crippen molar-refractivity contribution in [1.82, 2.24) is 20.2 Å². The van der Waals surface area contributed by atoms with Gasteiger partial charge < -0.3 is 0 Å². The number of rotatable bonds is 6. The maximum Gasteiger partial charge on any atom is 0.274 e. The van der Waals surface area contributed by atoms with Crippen LogP contribution >= 0.6 is 11.6 Å². The highest BCUT2D eigenvalue weighted by Gasteiger charge is 2.13. The molecule has 4 aromatic rings. The van der Waals surface area contributed by atoms with E-state index >= 15 is 0 Å². The third-order valence-corrected chi connectivity index (χ3v) is 4.96. The number of amides is 1. The average molecular weight is 419 g/mol. The monoisotopic (exact) mass is 418 g/mol. The van der Waals surface area contributed by atoms with Crippen molar-refractivity contribution in [2.45, 2.75) is 13.0 Å². The Kier molecular flexibility index (Phi) is 5.88. The van der Waals surface area contributed by atoms with Crippen LogP contribution in [0, 0.1) is 0 Å². The highest BCUT2D eigenvalue weighted by molar-refractivity contribution is 6.30. The fraction of sp³-hybridized carbons (Fsp3) is 0.0870. The normalized spacial score (nSPS) is 10.7. The number of carbonyl (C=O) groups excluding carboxylic acids is 1. The van der Waals surface area contributed by atoms with Crippen LogP contribution in [0.3, 0.4) is 0 Å². The molecule has 0 saturated carbocycles. The average Bonchev–Trinajstić information content (AvgIpc) is 3.17. The van der Waals surface area contributed by atoms with E-state index in [2.05, 4.69) is 12.1 Å². The van der Waals surface area contributed by atoms with Crippen LogP contribution < -0.4 is 5.48 Å². The first kappa shape index (κ1) is 19.8. The van der Waals surface area contributed by atoms with Gasteiger partial charge in [-0.15, -0.1) is 0 Å². The molecular weight excluding hydrogens is 400 g/mol. The standard InChI is InChI=1S/C23H19ClN4O2/c24-20-12-10-18(11-13-20)22-25-21(28(26-22)15-17-4-2-1-3-5-17)14-16-6-8-19(9-7-16)23(29)27-30/h1-13,30H,14-15H2,(H,27,29). The summed E-state index contributed by atoms with van der Waals surface area (Å²) < 4.78 is 1.90. The lowest BCUT2D eigenvalue weighted by Gasteiger charge is -2.07. The van der Waals surface area contributed by atoms with Gasteiger partial charge in [0.2, 0.25) is 0 Å². The van der Waals surface area contributed by atoms with E-state index < -0.39 is 5.91 Å². The molecule has 0 saturated heterocycles. The first-order valence-electron chi connectivity index (χ1n) is 9.39. The van der Waals surface area contributed by atoms with E-state index in [0.29, 0.717) is 29.4 Å². The molecule has 0 unspecified atom stereocenters. The summed E-state index contributed by atoms with van der Waals surface area (Å²) in [6.45, 7) is 0.599. The minimum atomic E-state index is -0.543. The van der Waals surface area contributed by atoms with Crippen molar-refractivity contribution in [2.24, 2.45) is 0 Å². The van der Waals surface area contributed by atoms with E-state index in [0.717, 1.165) is 22.5 Å². The molecule has 2 N–H and O–H groups in total. The highest BCUT2D eigenvalue weighted by atomic mass is 35.5. The van der Waals surface area contributed by atoms with Crippen molar-refractivity contribution in [2.75, 3.05) is 0 Å². The number of aromatic nitrogens is 3. The Bertz CT molecular complexity index is 1140. The minimum Gasteiger partial charge on any atom is -0.288 e. The number of hydroxylamine groups is 1. The molecule has 0 spiro atoms. The Morgan fingerprint density at radius 1 is 0.933 bits per heavy atom. The summed E-state index contributed by atoms with van der Waals surface area (Å²) in [6.07, 6.45) is 0.550. The van der Waals surface area contributed by atoms with Crippen LogP contribution in [0.2, 0.25) is 5.02 Å². The predicted octanol–water partition coefficient (Wildman–Crippen LogP) is 4.36. The number of benzene rings is 3. The Morgan fingerprint density at radius 3 is 2.30 bits per heavy atom. The van der Waals surface area contributed by atoms with Crippen LogP contribution in [0.15, 0.2) is 78.9 Å². The van der Waals surface area contributed by atoms with Gasteiger partial charge in [0.1, 0.15) is 5.82 Å². The third kappa shape index (κ3) is 4.56. The smallest absolute Gasteiger partial charge is 0.274 e. The molecule has 0 aliphatic carbocycles. The van der Waals surface area contributed by atoms with Crippen molar-refractivity contribution in [3.05, 3.63) is 106 Å². The van der Waals surface area contributed by atoms with Gasteiger partial charge in [0.15, 0.2) is 5.82 Å². The van der Waals surface area contributed by atoms with Gasteiger partial charge in [0.05, 0.1) is 6.54 Å². The number of hydrogen-bond donors (Lipinski definition) is 2. The molecule has 0 fully saturated rings. The lowest BCUT2D eigenvalue weighted by atomic mass is 10.1. The molecule has 1 amide bonds. The van der Waals surface area contributed by atoms with Crippen LogP contribution in [0.25, 0.3) is 11.4 Å². The number of halogens is 1. The number of nitrogens with one attached hydrogen (secondary N) is 1. The van der Waals surface area contributed by atoms with Gasteiger partial charge in [-0.25, -0.2) is 15.1 Å². The highest BCUT2D eigenvalue weighted by Crippen LogP contribution is 2.21. The second kappa shape index (κ2) is 8.90. The third-order valence-electron chi connectivity index (χ3n) is 4.71. The molecule has 0 atom stereocenters. The zero-order chi connectivity index (χ0) is 20.9. The first-order chi connectivity index (χ1) is 14.6. The number of hydrogen-bond acceptors (Lipinski definition) is 4. The topological polar surface area (TPSA) is 80.0 Å². The minimum absolute atomic E-state index is 0.383. The Balaban J connectivity index is 1.65. The van der Waals surface area contributed by atoms with Gasteiger partial charge in [-0.2, -0.15) is 5.10 Å². The van der Waals surface area contributed by atoms with Gasteiger partial charge in [0, 0.05) is 22.6 Å². The fourth-order valence-corrected chi connectivity index (χ4v) is 3.26. The zero-order valence-electron chi connectivity index (χ0n) is 16.0. The summed E-state index contributed by atoms with van der Waals surface area (Å²) >= 11 is 6.01. The van der Waals surface area contributed by atoms with Crippen LogP contribution in [0.1, 0.15) is 27.3 Å². The molecule has 7 heteroatoms. The van der Waals surface area contributed by atoms with Crippen molar-refractivity contribution >= 4 is 17.5 Å². The van der Waals surface area contributed by atoms with Crippen molar-refractivity contribution in [3.8, 4) is 11.4 Å². The summed E-state index contributed by atoms with van der Waals surface area (Å²) in [7, 11) is 0. The molecule has 1 aromatic heterocycles. The Hall–Kier alpha value is -3.48. The summed E-state index contributed by atoms with van der Waals surface area (Å²) in [5.74, 6) is 0.899. The molecule has 0 radical (unpaired) electrons. The summed E-state index contributed by atoms with van der Waals surface area (Å²) in [5, 5.41) is 14.2. The molecule has 30 heavy (non-hydrogen) atoms. The molecule has 4 rings (SSSR count). The molecule has 0 bridgehead atoms. The van der Waals surface area contributed by atoms with Crippen molar-refractivity contribution in [3.63, 3.8) is 0 Å². The van der Waals surface area contributed by atoms with Crippen molar-refractivity contribution < 1.29 is 10.0 Å². The fourth-order valence-electron chi connectivity index (χ4n) is 3.13. The second-order valence-corrected chi connectivity index (χ2v) is 7.25. The van der Waals surface area contributed by atoms with E-state index in [4.69, 9.17) is 26.9 Å². The van der Waals surface area contributed by atoms with Gasteiger partial charge in [-0.3, -0.25) is 10.0 Å². The zero-order valence-corrected chi connectivity index (χ0v) is 16.8. The van der Waals surface area contributed by atoms with Gasteiger partial charge in [0.25, 0.3) is 5.91 Å². The maximum atomic E-state index is 11.5. The number of carbonyl (C=O) groups is 1. The second-order valence-electron chi connectivity index (χ2n) is 6.82. The molecule has 1 heterocycles. The Labute approximate surface area is 178 Å². The van der Waals surface area contributed by atoms with Gasteiger partial charge in [-0.1, -0.05) is 54.1 Å². The maximum absolute atomic E-state index is 11.5. The largest absolute Gasteiger partial charge is 0.288 e. The lowest BCUT2D eigenvalue weighted by Crippen LogP contribution is -2.18. The van der Waals surface area contributed by atoms with E-state index in [1.807, 2.05) is 59.3 Å². The number of nitrogens with zero attached hydrogens (tertiary/aromatic N) is 3. The summed E-state index contributed by atoms with van der Waals surface area (Å²) in [4.78, 5) is 16.3. The molecular formula is C23H19ClN4O2. The summed E-state index contributed by atoms with van der Waals surface area (Å²) in [5.41, 5.74) is 5.02. The molecule has 6 nitrogen and oxygen atoms in total. The van der Waals surface area contributed by atoms with Crippen molar-refractivity contribution in [1.29, 1.82) is 0 Å². The molecule has 3 aromatic carbocycles. The van der Waals surface area contributed by atoms with Crippen LogP contribution in [-0.4, -0.2) is 25.9 Å². The molecule has 0 aliphatic rings. The molecule has 0 aliphatic heterocycles. The van der Waals surface area contributed by atoms with Gasteiger partial charge >= 0.3 is 0 Å². The molecule has 150 valence electrons. The van der Waals surface area contributed by atoms with Gasteiger partial charge in [-0.05, 0) is 47.5 Å². The van der Waals surface area contributed by atoms with Crippen LogP contribution in [0.5, 0.6) is 0 Å². The predicted molar refractivity (Wildman–Crippen MR) is 115 cm³/mol. The first-order valence-corrected chi connectivity index (χ1v) is 9.77. The van der Waals surface area contributed by atoms with Crippen LogP contribution in [-0.2, 0) is 13.0 Å².